The third-order valence-electron chi connectivity index (χ3n) is 3.11. The number of aliphatic hydroxyl groups is 1. The van der Waals surface area contributed by atoms with Gasteiger partial charge in [0.05, 0.1) is 12.7 Å². The summed E-state index contributed by atoms with van der Waals surface area (Å²) in [7, 11) is 0. The van der Waals surface area contributed by atoms with Crippen LogP contribution in [0.2, 0.25) is 0 Å². The molecule has 0 heterocycles. The molecule has 0 saturated carbocycles. The lowest BCUT2D eigenvalue weighted by molar-refractivity contribution is -0.141. The van der Waals surface area contributed by atoms with Gasteiger partial charge in [0.2, 0.25) is 0 Å². The number of carboxylic acid groups (broad SMARTS) is 1. The van der Waals surface area contributed by atoms with Crippen molar-refractivity contribution < 1.29 is 34.1 Å². The molecule has 0 aliphatic rings. The van der Waals surface area contributed by atoms with Gasteiger partial charge in [-0.3, -0.25) is 0 Å². The maximum atomic E-state index is 10.6. The first-order valence-electron chi connectivity index (χ1n) is 10.3. The molecule has 0 fully saturated rings. The van der Waals surface area contributed by atoms with E-state index in [0.29, 0.717) is 12.2 Å². The van der Waals surface area contributed by atoms with E-state index in [-0.39, 0.29) is 18.1 Å². The zero-order valence-electron chi connectivity index (χ0n) is 20.2. The molecule has 0 spiro atoms. The Kier molecular flexibility index (Phi) is 24.0. The number of unbranched alkanes of at least 4 members (excludes halogenated alkanes) is 1. The van der Waals surface area contributed by atoms with Gasteiger partial charge in [0.15, 0.2) is 0 Å². The Bertz CT molecular complexity index is 722. The number of ether oxygens (including phenoxy) is 2. The summed E-state index contributed by atoms with van der Waals surface area (Å²) >= 11 is 0. The van der Waals surface area contributed by atoms with Crippen LogP contribution in [0.25, 0.3) is 6.08 Å². The number of hydrogen-bond donors (Lipinski definition) is 2. The van der Waals surface area contributed by atoms with Crippen LogP contribution in [0.15, 0.2) is 73.9 Å². The van der Waals surface area contributed by atoms with E-state index in [9.17, 15) is 14.4 Å². The van der Waals surface area contributed by atoms with E-state index in [2.05, 4.69) is 35.8 Å². The number of carboxylic acids is 1. The highest BCUT2D eigenvalue weighted by atomic mass is 16.5. The van der Waals surface area contributed by atoms with Crippen LogP contribution in [0.4, 0.5) is 0 Å². The molecule has 0 aliphatic carbocycles. The zero-order chi connectivity index (χ0) is 26.2. The molecule has 0 saturated heterocycles. The topological polar surface area (TPSA) is 110 Å². The Hall–Kier alpha value is -3.45. The Morgan fingerprint density at radius 3 is 1.85 bits per heavy atom. The molecule has 7 heteroatoms. The molecule has 0 bridgehead atoms. The average Bonchev–Trinajstić information content (AvgIpc) is 2.79. The van der Waals surface area contributed by atoms with Crippen LogP contribution >= 0.6 is 0 Å². The Morgan fingerprint density at radius 1 is 1.03 bits per heavy atom. The van der Waals surface area contributed by atoms with Crippen molar-refractivity contribution in [2.45, 2.75) is 46.6 Å². The molecule has 2 N–H and O–H groups in total. The minimum atomic E-state index is -0.935. The molecular weight excluding hydrogens is 424 g/mol. The van der Waals surface area contributed by atoms with Crippen molar-refractivity contribution in [2.75, 3.05) is 13.2 Å². The highest BCUT2D eigenvalue weighted by molar-refractivity contribution is 5.87. The van der Waals surface area contributed by atoms with E-state index in [1.54, 1.807) is 13.8 Å². The minimum absolute atomic E-state index is 0.0334. The summed E-state index contributed by atoms with van der Waals surface area (Å²) in [6.07, 6.45) is 4.38. The number of aliphatic hydroxyl groups excluding tert-OH is 1. The molecule has 1 atom stereocenters. The second-order valence-electron chi connectivity index (χ2n) is 6.65. The summed E-state index contributed by atoms with van der Waals surface area (Å²) in [5.74, 6) is -1.72. The number of rotatable bonds is 9. The zero-order valence-corrected chi connectivity index (χ0v) is 20.2. The lowest BCUT2D eigenvalue weighted by atomic mass is 10.2. The Balaban J connectivity index is -0.000000369. The molecule has 1 aromatic rings. The lowest BCUT2D eigenvalue weighted by Gasteiger charge is -2.04. The van der Waals surface area contributed by atoms with Gasteiger partial charge in [0, 0.05) is 17.2 Å². The molecule has 33 heavy (non-hydrogen) atoms. The van der Waals surface area contributed by atoms with Crippen LogP contribution in [0.1, 0.15) is 46.1 Å². The maximum Gasteiger partial charge on any atom is 0.333 e. The third kappa shape index (κ3) is 28.6. The van der Waals surface area contributed by atoms with Crippen molar-refractivity contribution in [3.63, 3.8) is 0 Å². The number of esters is 2. The summed E-state index contributed by atoms with van der Waals surface area (Å²) in [5, 5.41) is 16.6. The second-order valence-corrected chi connectivity index (χ2v) is 6.65. The van der Waals surface area contributed by atoms with Gasteiger partial charge < -0.3 is 19.7 Å². The first-order valence-corrected chi connectivity index (χ1v) is 10.3. The molecular formula is C26H38O7. The van der Waals surface area contributed by atoms with Gasteiger partial charge in [-0.2, -0.15) is 0 Å². The normalized spacial score (nSPS) is 9.48. The predicted octanol–water partition coefficient (Wildman–Crippen LogP) is 4.98. The first-order chi connectivity index (χ1) is 15.4. The van der Waals surface area contributed by atoms with Crippen molar-refractivity contribution in [2.24, 2.45) is 0 Å². The van der Waals surface area contributed by atoms with Crippen molar-refractivity contribution >= 4 is 24.0 Å². The molecule has 1 rings (SSSR count). The quantitative estimate of drug-likeness (QED) is 0.302. The van der Waals surface area contributed by atoms with Crippen LogP contribution in [0.5, 0.6) is 0 Å². The summed E-state index contributed by atoms with van der Waals surface area (Å²) in [4.78, 5) is 30.6. The van der Waals surface area contributed by atoms with Gasteiger partial charge in [-0.25, -0.2) is 14.4 Å². The highest BCUT2D eigenvalue weighted by Gasteiger charge is 2.03. The number of carbonyl (C=O) groups is 3. The largest absolute Gasteiger partial charge is 0.478 e. The van der Waals surface area contributed by atoms with Gasteiger partial charge in [0.25, 0.3) is 0 Å². The fraction of sp³-hybridized carbons (Fsp3) is 0.346. The molecule has 0 aromatic heterocycles. The fourth-order valence-corrected chi connectivity index (χ4v) is 1.28. The van der Waals surface area contributed by atoms with Gasteiger partial charge >= 0.3 is 17.9 Å². The predicted molar refractivity (Wildman–Crippen MR) is 133 cm³/mol. The average molecular weight is 463 g/mol. The maximum absolute atomic E-state index is 10.6. The Morgan fingerprint density at radius 2 is 1.55 bits per heavy atom. The molecule has 7 nitrogen and oxygen atoms in total. The van der Waals surface area contributed by atoms with E-state index in [0.717, 1.165) is 12.8 Å². The monoisotopic (exact) mass is 462 g/mol. The van der Waals surface area contributed by atoms with Gasteiger partial charge in [-0.05, 0) is 32.8 Å². The smallest absolute Gasteiger partial charge is 0.333 e. The first kappa shape index (κ1) is 34.2. The second kappa shape index (κ2) is 23.2. The minimum Gasteiger partial charge on any atom is -0.478 e. The van der Waals surface area contributed by atoms with Crippen molar-refractivity contribution in [1.29, 1.82) is 0 Å². The molecule has 0 amide bonds. The van der Waals surface area contributed by atoms with Crippen molar-refractivity contribution in [3.8, 4) is 0 Å². The molecule has 1 aromatic carbocycles. The summed E-state index contributed by atoms with van der Waals surface area (Å²) in [6, 6.07) is 10.0. The third-order valence-corrected chi connectivity index (χ3v) is 3.11. The van der Waals surface area contributed by atoms with Gasteiger partial charge in [-0.15, -0.1) is 0 Å². The van der Waals surface area contributed by atoms with Crippen molar-refractivity contribution in [3.05, 3.63) is 79.4 Å². The highest BCUT2D eigenvalue weighted by Crippen LogP contribution is 1.97. The SMILES string of the molecule is C=C(C)C(=O)O.C=C(C)C(=O)OC[C@@H](C)O.C=CC(=O)OCCCC.C=Cc1ccccc1. The van der Waals surface area contributed by atoms with Crippen LogP contribution in [-0.4, -0.2) is 47.4 Å². The molecule has 0 aliphatic heterocycles. The van der Waals surface area contributed by atoms with E-state index < -0.39 is 18.0 Å². The number of benzene rings is 1. The van der Waals surface area contributed by atoms with Crippen LogP contribution in [0.3, 0.4) is 0 Å². The van der Waals surface area contributed by atoms with Gasteiger partial charge in [-0.1, -0.05) is 76.1 Å². The lowest BCUT2D eigenvalue weighted by Crippen LogP contribution is -2.15. The van der Waals surface area contributed by atoms with Crippen LogP contribution in [0, 0.1) is 0 Å². The molecule has 0 radical (unpaired) electrons. The van der Waals surface area contributed by atoms with E-state index in [1.807, 2.05) is 43.3 Å². The van der Waals surface area contributed by atoms with E-state index >= 15 is 0 Å². The molecule has 0 unspecified atom stereocenters. The van der Waals surface area contributed by atoms with E-state index in [1.165, 1.54) is 18.6 Å². The van der Waals surface area contributed by atoms with Crippen LogP contribution in [-0.2, 0) is 23.9 Å². The van der Waals surface area contributed by atoms with E-state index in [4.69, 9.17) is 10.2 Å². The van der Waals surface area contributed by atoms with Crippen LogP contribution < -0.4 is 0 Å². The molecule has 184 valence electrons. The number of carbonyl (C=O) groups excluding carboxylic acids is 2. The standard InChI is InChI=1S/C8H8.C7H12O3.C7H12O2.C4H6O2/c1-2-8-6-4-3-5-7-8;1-5(2)7(9)10-4-6(3)8;1-3-5-6-9-7(8)4-2;1-3(2)4(5)6/h2-7H,1H2;6,8H,1,4H2,2-3H3;4H,2-3,5-6H2,1H3;1H2,2H3,(H,5,6)/t;6-;;/m.1../s1. The summed E-state index contributed by atoms with van der Waals surface area (Å²) in [5.41, 5.74) is 1.70. The Labute approximate surface area is 197 Å². The number of hydrogen-bond acceptors (Lipinski definition) is 6. The van der Waals surface area contributed by atoms with Gasteiger partial charge in [0.1, 0.15) is 6.61 Å². The van der Waals surface area contributed by atoms with Crippen molar-refractivity contribution in [1.82, 2.24) is 0 Å². The number of aliphatic carboxylic acids is 1. The fourth-order valence-electron chi connectivity index (χ4n) is 1.28. The summed E-state index contributed by atoms with van der Waals surface area (Å²) < 4.78 is 9.25. The summed E-state index contributed by atoms with van der Waals surface area (Å²) in [6.45, 7) is 20.6.